The Bertz CT molecular complexity index is 1180. The van der Waals surface area contributed by atoms with E-state index in [2.05, 4.69) is 4.72 Å². The molecule has 1 aliphatic carbocycles. The molecule has 2 N–H and O–H groups in total. The van der Waals surface area contributed by atoms with Crippen molar-refractivity contribution in [1.82, 2.24) is 4.72 Å². The van der Waals surface area contributed by atoms with E-state index in [1.54, 1.807) is 30.3 Å². The van der Waals surface area contributed by atoms with Crippen molar-refractivity contribution in [2.45, 2.75) is 22.8 Å². The number of hydrogen-bond acceptors (Lipinski definition) is 4. The molecule has 2 atom stereocenters. The van der Waals surface area contributed by atoms with Crippen LogP contribution in [-0.4, -0.2) is 25.0 Å². The van der Waals surface area contributed by atoms with E-state index in [0.717, 1.165) is 5.56 Å². The summed E-state index contributed by atoms with van der Waals surface area (Å²) in [5, 5.41) is 9.74. The Morgan fingerprint density at radius 2 is 1.70 bits per heavy atom. The predicted octanol–water partition coefficient (Wildman–Crippen LogP) is 3.91. The van der Waals surface area contributed by atoms with Crippen molar-refractivity contribution in [3.05, 3.63) is 90.2 Å². The summed E-state index contributed by atoms with van der Waals surface area (Å²) in [6, 6.07) is 19.9. The minimum Gasteiger partial charge on any atom is -0.480 e. The van der Waals surface area contributed by atoms with Gasteiger partial charge in [0.25, 0.3) is 0 Å². The number of benzene rings is 3. The third kappa shape index (κ3) is 3.92. The molecule has 8 heteroatoms. The molecule has 0 spiro atoms. The first-order chi connectivity index (χ1) is 14.3. The SMILES string of the molecule is O=C(O)C1(NS(=O)(=O)c2cccc(Oc3ccc(F)cc3)c2)CC1c1ccccc1. The van der Waals surface area contributed by atoms with E-state index in [9.17, 15) is 22.7 Å². The first kappa shape index (κ1) is 20.1. The molecule has 0 aromatic heterocycles. The minimum atomic E-state index is -4.13. The first-order valence-corrected chi connectivity index (χ1v) is 10.6. The van der Waals surface area contributed by atoms with Gasteiger partial charge in [0, 0.05) is 12.0 Å². The Balaban J connectivity index is 1.57. The van der Waals surface area contributed by atoms with Gasteiger partial charge >= 0.3 is 5.97 Å². The molecule has 3 aromatic carbocycles. The lowest BCUT2D eigenvalue weighted by Gasteiger charge is -2.16. The summed E-state index contributed by atoms with van der Waals surface area (Å²) in [6.45, 7) is 0. The Hall–Kier alpha value is -3.23. The second-order valence-electron chi connectivity index (χ2n) is 7.08. The summed E-state index contributed by atoms with van der Waals surface area (Å²) in [4.78, 5) is 11.8. The number of rotatable bonds is 7. The summed E-state index contributed by atoms with van der Waals surface area (Å²) in [7, 11) is -4.13. The van der Waals surface area contributed by atoms with Crippen LogP contribution in [-0.2, 0) is 14.8 Å². The van der Waals surface area contributed by atoms with Crippen molar-refractivity contribution in [1.29, 1.82) is 0 Å². The number of carboxylic acid groups (broad SMARTS) is 1. The molecule has 0 bridgehead atoms. The fraction of sp³-hybridized carbons (Fsp3) is 0.136. The van der Waals surface area contributed by atoms with Gasteiger partial charge in [-0.3, -0.25) is 4.79 Å². The Kier molecular flexibility index (Phi) is 5.05. The molecule has 1 fully saturated rings. The maximum absolute atomic E-state index is 13.0. The van der Waals surface area contributed by atoms with Crippen LogP contribution in [0.25, 0.3) is 0 Å². The van der Waals surface area contributed by atoms with E-state index < -0.39 is 33.3 Å². The fourth-order valence-electron chi connectivity index (χ4n) is 3.39. The zero-order valence-corrected chi connectivity index (χ0v) is 16.5. The number of halogens is 1. The number of carboxylic acids is 1. The second-order valence-corrected chi connectivity index (χ2v) is 8.76. The predicted molar refractivity (Wildman–Crippen MR) is 107 cm³/mol. The largest absolute Gasteiger partial charge is 0.480 e. The van der Waals surface area contributed by atoms with Crippen LogP contribution in [0.3, 0.4) is 0 Å². The summed E-state index contributed by atoms with van der Waals surface area (Å²) in [5.41, 5.74) is -0.829. The molecule has 6 nitrogen and oxygen atoms in total. The highest BCUT2D eigenvalue weighted by Gasteiger charge is 2.63. The molecule has 4 rings (SSSR count). The molecule has 2 unspecified atom stereocenters. The Morgan fingerprint density at radius 1 is 1.00 bits per heavy atom. The van der Waals surface area contributed by atoms with E-state index in [1.807, 2.05) is 6.07 Å². The highest BCUT2D eigenvalue weighted by Crippen LogP contribution is 2.52. The van der Waals surface area contributed by atoms with Crippen LogP contribution in [0.1, 0.15) is 17.9 Å². The highest BCUT2D eigenvalue weighted by atomic mass is 32.2. The maximum Gasteiger partial charge on any atom is 0.325 e. The standard InChI is InChI=1S/C22H18FNO5S/c23-16-9-11-17(12-10-16)29-18-7-4-8-19(13-18)30(27,28)24-22(21(25)26)14-20(22)15-5-2-1-3-6-15/h1-13,20,24H,14H2,(H,25,26). The van der Waals surface area contributed by atoms with Gasteiger partial charge < -0.3 is 9.84 Å². The third-order valence-electron chi connectivity index (χ3n) is 5.03. The van der Waals surface area contributed by atoms with Gasteiger partial charge in [0.2, 0.25) is 10.0 Å². The number of ether oxygens (including phenoxy) is 1. The van der Waals surface area contributed by atoms with E-state index >= 15 is 0 Å². The number of hydrogen-bond donors (Lipinski definition) is 2. The Morgan fingerprint density at radius 3 is 2.37 bits per heavy atom. The summed E-state index contributed by atoms with van der Waals surface area (Å²) in [5.74, 6) is -1.53. The summed E-state index contributed by atoms with van der Waals surface area (Å²) >= 11 is 0. The van der Waals surface area contributed by atoms with Gasteiger partial charge in [0.1, 0.15) is 22.9 Å². The van der Waals surface area contributed by atoms with Gasteiger partial charge in [-0.25, -0.2) is 12.8 Å². The lowest BCUT2D eigenvalue weighted by atomic mass is 10.1. The molecule has 0 saturated heterocycles. The van der Waals surface area contributed by atoms with E-state index in [4.69, 9.17) is 4.74 Å². The van der Waals surface area contributed by atoms with Crippen LogP contribution in [0.4, 0.5) is 4.39 Å². The minimum absolute atomic E-state index is 0.124. The van der Waals surface area contributed by atoms with Gasteiger partial charge in [0.15, 0.2) is 0 Å². The molecule has 0 heterocycles. The smallest absolute Gasteiger partial charge is 0.325 e. The lowest BCUT2D eigenvalue weighted by Crippen LogP contribution is -2.44. The molecular weight excluding hydrogens is 409 g/mol. The molecule has 0 aliphatic heterocycles. The van der Waals surface area contributed by atoms with Crippen molar-refractivity contribution in [2.24, 2.45) is 0 Å². The van der Waals surface area contributed by atoms with Crippen molar-refractivity contribution in [3.63, 3.8) is 0 Å². The van der Waals surface area contributed by atoms with Gasteiger partial charge in [-0.1, -0.05) is 36.4 Å². The van der Waals surface area contributed by atoms with Crippen LogP contribution in [0.2, 0.25) is 0 Å². The van der Waals surface area contributed by atoms with E-state index in [1.165, 1.54) is 42.5 Å². The number of aliphatic carboxylic acids is 1. The zero-order valence-electron chi connectivity index (χ0n) is 15.7. The first-order valence-electron chi connectivity index (χ1n) is 9.16. The van der Waals surface area contributed by atoms with Crippen LogP contribution in [0.15, 0.2) is 83.8 Å². The number of carbonyl (C=O) groups is 1. The normalized spacial score (nSPS) is 20.5. The monoisotopic (exact) mass is 427 g/mol. The number of nitrogens with one attached hydrogen (secondary N) is 1. The topological polar surface area (TPSA) is 92.7 Å². The fourth-order valence-corrected chi connectivity index (χ4v) is 4.83. The maximum atomic E-state index is 13.0. The third-order valence-corrected chi connectivity index (χ3v) is 6.53. The molecule has 1 saturated carbocycles. The molecule has 3 aromatic rings. The zero-order chi connectivity index (χ0) is 21.4. The number of sulfonamides is 1. The molecule has 0 amide bonds. The van der Waals surface area contributed by atoms with Crippen LogP contribution < -0.4 is 9.46 Å². The van der Waals surface area contributed by atoms with Gasteiger partial charge in [-0.05, 0) is 48.4 Å². The van der Waals surface area contributed by atoms with Crippen LogP contribution >= 0.6 is 0 Å². The molecule has 30 heavy (non-hydrogen) atoms. The average Bonchev–Trinajstić information content (AvgIpc) is 3.45. The quantitative estimate of drug-likeness (QED) is 0.597. The molecule has 1 aliphatic rings. The molecule has 0 radical (unpaired) electrons. The van der Waals surface area contributed by atoms with Crippen LogP contribution in [0, 0.1) is 5.82 Å². The summed E-state index contributed by atoms with van der Waals surface area (Å²) < 4.78 is 46.9. The highest BCUT2D eigenvalue weighted by molar-refractivity contribution is 7.89. The van der Waals surface area contributed by atoms with E-state index in [-0.39, 0.29) is 17.1 Å². The molecule has 154 valence electrons. The second kappa shape index (κ2) is 7.55. The van der Waals surface area contributed by atoms with Crippen molar-refractivity contribution >= 4 is 16.0 Å². The average molecular weight is 427 g/mol. The lowest BCUT2D eigenvalue weighted by molar-refractivity contribution is -0.140. The summed E-state index contributed by atoms with van der Waals surface area (Å²) in [6.07, 6.45) is 0.164. The van der Waals surface area contributed by atoms with E-state index in [0.29, 0.717) is 5.75 Å². The van der Waals surface area contributed by atoms with Crippen molar-refractivity contribution in [3.8, 4) is 11.5 Å². The van der Waals surface area contributed by atoms with Crippen molar-refractivity contribution in [2.75, 3.05) is 0 Å². The van der Waals surface area contributed by atoms with Gasteiger partial charge in [0.05, 0.1) is 4.90 Å². The van der Waals surface area contributed by atoms with Gasteiger partial charge in [-0.15, -0.1) is 0 Å². The molecular formula is C22H18FNO5S. The Labute approximate surface area is 173 Å². The van der Waals surface area contributed by atoms with Gasteiger partial charge in [-0.2, -0.15) is 4.72 Å². The van der Waals surface area contributed by atoms with Crippen LogP contribution in [0.5, 0.6) is 11.5 Å². The van der Waals surface area contributed by atoms with Crippen molar-refractivity contribution < 1.29 is 27.4 Å².